The number of nitrogens with two attached hydrogens (primary N) is 1. The van der Waals surface area contributed by atoms with Crippen molar-refractivity contribution in [2.75, 3.05) is 11.9 Å². The highest BCUT2D eigenvalue weighted by atomic mass is 15.1. The Morgan fingerprint density at radius 3 is 2.06 bits per heavy atom. The summed E-state index contributed by atoms with van der Waals surface area (Å²) in [7, 11) is 2.15. The van der Waals surface area contributed by atoms with E-state index in [4.69, 9.17) is 5.73 Å². The number of hydrogen-bond acceptors (Lipinski definition) is 2. The van der Waals surface area contributed by atoms with Crippen LogP contribution < -0.4 is 10.6 Å². The Kier molecular flexibility index (Phi) is 5.01. The summed E-state index contributed by atoms with van der Waals surface area (Å²) in [6, 6.07) is 9.34. The predicted molar refractivity (Wildman–Crippen MR) is 76.4 cm³/mol. The molecule has 0 aliphatic heterocycles. The van der Waals surface area contributed by atoms with Gasteiger partial charge in [-0.15, -0.1) is 0 Å². The van der Waals surface area contributed by atoms with Crippen LogP contribution in [0.2, 0.25) is 0 Å². The third-order valence-electron chi connectivity index (χ3n) is 3.74. The van der Waals surface area contributed by atoms with Crippen LogP contribution >= 0.6 is 0 Å². The molecule has 0 aromatic heterocycles. The van der Waals surface area contributed by atoms with E-state index in [1.165, 1.54) is 11.3 Å². The van der Waals surface area contributed by atoms with Gasteiger partial charge in [-0.25, -0.2) is 0 Å². The molecule has 1 aromatic rings. The second-order valence-electron chi connectivity index (χ2n) is 5.20. The maximum absolute atomic E-state index is 6.01. The normalized spacial score (nSPS) is 14.8. The van der Waals surface area contributed by atoms with E-state index in [1.54, 1.807) is 0 Å². The minimum atomic E-state index is 0.164. The monoisotopic (exact) mass is 234 g/mol. The van der Waals surface area contributed by atoms with Crippen molar-refractivity contribution in [2.24, 2.45) is 11.7 Å². The maximum Gasteiger partial charge on any atom is 0.0366 e. The van der Waals surface area contributed by atoms with Gasteiger partial charge in [-0.3, -0.25) is 0 Å². The summed E-state index contributed by atoms with van der Waals surface area (Å²) >= 11 is 0. The van der Waals surface area contributed by atoms with Gasteiger partial charge in [0, 0.05) is 24.8 Å². The van der Waals surface area contributed by atoms with Crippen LogP contribution in [0.15, 0.2) is 24.3 Å². The summed E-state index contributed by atoms with van der Waals surface area (Å²) in [5.74, 6) is 0.651. The Morgan fingerprint density at radius 2 is 1.65 bits per heavy atom. The zero-order valence-corrected chi connectivity index (χ0v) is 11.8. The number of hydrogen-bond donors (Lipinski definition) is 1. The zero-order valence-electron chi connectivity index (χ0n) is 11.8. The number of rotatable bonds is 5. The van der Waals surface area contributed by atoms with Crippen molar-refractivity contribution < 1.29 is 0 Å². The van der Waals surface area contributed by atoms with Crippen molar-refractivity contribution in [1.82, 2.24) is 0 Å². The van der Waals surface area contributed by atoms with Gasteiger partial charge in [0.2, 0.25) is 0 Å². The quantitative estimate of drug-likeness (QED) is 0.844. The number of benzene rings is 1. The van der Waals surface area contributed by atoms with Crippen LogP contribution in [0.5, 0.6) is 0 Å². The molecule has 0 heterocycles. The summed E-state index contributed by atoms with van der Waals surface area (Å²) in [6.45, 7) is 8.88. The van der Waals surface area contributed by atoms with E-state index in [0.717, 1.165) is 6.42 Å². The second-order valence-corrected chi connectivity index (χ2v) is 5.20. The van der Waals surface area contributed by atoms with E-state index >= 15 is 0 Å². The molecule has 0 aliphatic rings. The molecular weight excluding hydrogens is 208 g/mol. The van der Waals surface area contributed by atoms with Crippen molar-refractivity contribution >= 4 is 5.69 Å². The van der Waals surface area contributed by atoms with Crippen LogP contribution in [0.4, 0.5) is 5.69 Å². The molecule has 96 valence electrons. The first-order chi connectivity index (χ1) is 7.97. The molecule has 0 radical (unpaired) electrons. The topological polar surface area (TPSA) is 29.3 Å². The molecular formula is C15H26N2. The number of nitrogens with zero attached hydrogens (tertiary/aromatic N) is 1. The smallest absolute Gasteiger partial charge is 0.0366 e. The molecule has 2 heteroatoms. The zero-order chi connectivity index (χ0) is 13.0. The third-order valence-corrected chi connectivity index (χ3v) is 3.74. The molecule has 0 amide bonds. The summed E-state index contributed by atoms with van der Waals surface area (Å²) in [6.07, 6.45) is 0.984. The van der Waals surface area contributed by atoms with Crippen molar-refractivity contribution in [3.8, 4) is 0 Å². The number of anilines is 1. The van der Waals surface area contributed by atoms with Gasteiger partial charge in [-0.1, -0.05) is 32.9 Å². The van der Waals surface area contributed by atoms with Gasteiger partial charge in [0.15, 0.2) is 0 Å². The van der Waals surface area contributed by atoms with E-state index in [1.807, 2.05) is 0 Å². The van der Waals surface area contributed by atoms with Crippen LogP contribution in [0.1, 0.15) is 45.7 Å². The van der Waals surface area contributed by atoms with Gasteiger partial charge < -0.3 is 10.6 Å². The van der Waals surface area contributed by atoms with Gasteiger partial charge in [0.1, 0.15) is 0 Å². The summed E-state index contributed by atoms with van der Waals surface area (Å²) in [5.41, 5.74) is 8.50. The van der Waals surface area contributed by atoms with Crippen molar-refractivity contribution in [1.29, 1.82) is 0 Å². The minimum absolute atomic E-state index is 0.164. The minimum Gasteiger partial charge on any atom is -0.372 e. The average Bonchev–Trinajstić information content (AvgIpc) is 2.36. The molecule has 1 rings (SSSR count). The Balaban J connectivity index is 2.80. The molecule has 0 spiro atoms. The van der Waals surface area contributed by atoms with E-state index in [9.17, 15) is 0 Å². The van der Waals surface area contributed by atoms with Crippen LogP contribution in [0.3, 0.4) is 0 Å². The Labute approximate surface area is 106 Å². The summed E-state index contributed by atoms with van der Waals surface area (Å²) < 4.78 is 0. The molecule has 17 heavy (non-hydrogen) atoms. The molecule has 2 unspecified atom stereocenters. The van der Waals surface area contributed by atoms with Gasteiger partial charge in [0.05, 0.1) is 0 Å². The lowest BCUT2D eigenvalue weighted by atomic mass is 10.0. The first-order valence-electron chi connectivity index (χ1n) is 6.55. The highest BCUT2D eigenvalue weighted by Crippen LogP contribution is 2.22. The first kappa shape index (κ1) is 14.0. The fraction of sp³-hybridized carbons (Fsp3) is 0.600. The Bertz CT molecular complexity index is 329. The van der Waals surface area contributed by atoms with Crippen LogP contribution in [-0.2, 0) is 0 Å². The molecule has 2 nitrogen and oxygen atoms in total. The molecule has 0 fully saturated rings. The molecule has 0 bridgehead atoms. The summed E-state index contributed by atoms with van der Waals surface area (Å²) in [4.78, 5) is 2.33. The molecule has 0 saturated heterocycles. The van der Waals surface area contributed by atoms with Crippen LogP contribution in [-0.4, -0.2) is 13.1 Å². The lowest BCUT2D eigenvalue weighted by Crippen LogP contribution is -2.33. The van der Waals surface area contributed by atoms with E-state index in [0.29, 0.717) is 12.0 Å². The lowest BCUT2D eigenvalue weighted by molar-refractivity contribution is 0.505. The first-order valence-corrected chi connectivity index (χ1v) is 6.55. The molecule has 2 atom stereocenters. The maximum atomic E-state index is 6.01. The van der Waals surface area contributed by atoms with E-state index < -0.39 is 0 Å². The fourth-order valence-electron chi connectivity index (χ4n) is 1.87. The highest BCUT2D eigenvalue weighted by Gasteiger charge is 2.13. The molecule has 2 N–H and O–H groups in total. The van der Waals surface area contributed by atoms with Crippen LogP contribution in [0, 0.1) is 5.92 Å². The molecule has 0 saturated carbocycles. The SMILES string of the molecule is CCC(N)c1ccc(N(C)C(C)C(C)C)cc1. The predicted octanol–water partition coefficient (Wildman–Crippen LogP) is 3.58. The highest BCUT2D eigenvalue weighted by molar-refractivity contribution is 5.48. The Morgan fingerprint density at radius 1 is 1.12 bits per heavy atom. The second kappa shape index (κ2) is 6.06. The Hall–Kier alpha value is -1.02. The molecule has 0 aliphatic carbocycles. The van der Waals surface area contributed by atoms with E-state index in [2.05, 4.69) is 63.9 Å². The average molecular weight is 234 g/mol. The van der Waals surface area contributed by atoms with E-state index in [-0.39, 0.29) is 6.04 Å². The van der Waals surface area contributed by atoms with Crippen LogP contribution in [0.25, 0.3) is 0 Å². The van der Waals surface area contributed by atoms with Gasteiger partial charge in [-0.2, -0.15) is 0 Å². The van der Waals surface area contributed by atoms with Crippen molar-refractivity contribution in [3.63, 3.8) is 0 Å². The van der Waals surface area contributed by atoms with Gasteiger partial charge in [-0.05, 0) is 37.0 Å². The van der Waals surface area contributed by atoms with Gasteiger partial charge in [0.25, 0.3) is 0 Å². The molecule has 1 aromatic carbocycles. The fourth-order valence-corrected chi connectivity index (χ4v) is 1.87. The standard InChI is InChI=1S/C15H26N2/c1-6-15(16)13-7-9-14(10-8-13)17(5)12(4)11(2)3/h7-12,15H,6,16H2,1-5H3. The summed E-state index contributed by atoms with van der Waals surface area (Å²) in [5, 5.41) is 0. The van der Waals surface area contributed by atoms with Crippen molar-refractivity contribution in [3.05, 3.63) is 29.8 Å². The van der Waals surface area contributed by atoms with Crippen molar-refractivity contribution in [2.45, 2.75) is 46.2 Å². The third kappa shape index (κ3) is 3.47. The largest absolute Gasteiger partial charge is 0.372 e. The lowest BCUT2D eigenvalue weighted by Gasteiger charge is -2.30. The van der Waals surface area contributed by atoms with Gasteiger partial charge >= 0.3 is 0 Å².